The maximum atomic E-state index is 11.5. The van der Waals surface area contributed by atoms with Gasteiger partial charge in [0.05, 0.1) is 7.11 Å². The largest absolute Gasteiger partial charge is 0.468 e. The minimum atomic E-state index is -0.260. The number of nitrogens with zero attached hydrogens (tertiary/aromatic N) is 1. The highest BCUT2D eigenvalue weighted by molar-refractivity contribution is 5.75. The monoisotopic (exact) mass is 236 g/mol. The Hall–Kier alpha value is -1.55. The third-order valence-electron chi connectivity index (χ3n) is 2.92. The van der Waals surface area contributed by atoms with Crippen LogP contribution in [0.4, 0.5) is 5.69 Å². The second-order valence-corrected chi connectivity index (χ2v) is 3.96. The van der Waals surface area contributed by atoms with Gasteiger partial charge in [-0.05, 0) is 25.1 Å². The number of hydrogen-bond acceptors (Lipinski definition) is 4. The van der Waals surface area contributed by atoms with Gasteiger partial charge in [-0.2, -0.15) is 0 Å². The lowest BCUT2D eigenvalue weighted by Gasteiger charge is -2.26. The first-order chi connectivity index (χ1) is 8.10. The van der Waals surface area contributed by atoms with Crippen LogP contribution < -0.4 is 5.73 Å². The van der Waals surface area contributed by atoms with Gasteiger partial charge in [-0.1, -0.05) is 25.1 Å². The fourth-order valence-corrected chi connectivity index (χ4v) is 1.74. The number of carbonyl (C=O) groups excluding carboxylic acids is 1. The number of nitrogens with two attached hydrogens (primary N) is 1. The van der Waals surface area contributed by atoms with Crippen molar-refractivity contribution in [2.75, 3.05) is 19.4 Å². The number of esters is 1. The molecule has 1 atom stereocenters. The minimum absolute atomic E-state index is 0.221. The van der Waals surface area contributed by atoms with Gasteiger partial charge in [0.15, 0.2) is 0 Å². The molecule has 4 heteroatoms. The predicted molar refractivity (Wildman–Crippen MR) is 68.4 cm³/mol. The molecule has 0 aliphatic heterocycles. The summed E-state index contributed by atoms with van der Waals surface area (Å²) in [4.78, 5) is 13.5. The molecule has 1 aromatic carbocycles. The molecule has 0 aliphatic carbocycles. The molecule has 0 aromatic heterocycles. The molecule has 0 bridgehead atoms. The minimum Gasteiger partial charge on any atom is -0.468 e. The third-order valence-corrected chi connectivity index (χ3v) is 2.92. The average molecular weight is 236 g/mol. The van der Waals surface area contributed by atoms with Crippen LogP contribution in [0.25, 0.3) is 0 Å². The zero-order valence-corrected chi connectivity index (χ0v) is 10.6. The Morgan fingerprint density at radius 1 is 1.47 bits per heavy atom. The second-order valence-electron chi connectivity index (χ2n) is 3.96. The van der Waals surface area contributed by atoms with Crippen LogP contribution in [0.15, 0.2) is 24.3 Å². The number of anilines is 1. The molecule has 94 valence electrons. The fourth-order valence-electron chi connectivity index (χ4n) is 1.74. The lowest BCUT2D eigenvalue weighted by Crippen LogP contribution is -2.39. The van der Waals surface area contributed by atoms with Crippen molar-refractivity contribution in [2.24, 2.45) is 0 Å². The summed E-state index contributed by atoms with van der Waals surface area (Å²) in [6.45, 7) is 5.27. The SMILES string of the molecule is CCN(Cc1ccccc1N)C(C)C(=O)OC. The summed E-state index contributed by atoms with van der Waals surface area (Å²) in [5, 5.41) is 0. The molecule has 0 saturated heterocycles. The van der Waals surface area contributed by atoms with Crippen molar-refractivity contribution in [3.05, 3.63) is 29.8 Å². The standard InChI is InChI=1S/C13H20N2O2/c1-4-15(10(2)13(16)17-3)9-11-7-5-6-8-12(11)14/h5-8,10H,4,9,14H2,1-3H3. The molecule has 0 saturated carbocycles. The van der Waals surface area contributed by atoms with E-state index in [-0.39, 0.29) is 12.0 Å². The van der Waals surface area contributed by atoms with Crippen molar-refractivity contribution in [2.45, 2.75) is 26.4 Å². The Morgan fingerprint density at radius 3 is 2.65 bits per heavy atom. The topological polar surface area (TPSA) is 55.6 Å². The Labute approximate surface area is 102 Å². The van der Waals surface area contributed by atoms with Crippen molar-refractivity contribution in [3.8, 4) is 0 Å². The molecule has 0 heterocycles. The summed E-state index contributed by atoms with van der Waals surface area (Å²) in [6.07, 6.45) is 0. The highest BCUT2D eigenvalue weighted by Crippen LogP contribution is 2.15. The molecule has 1 rings (SSSR count). The molecular weight excluding hydrogens is 216 g/mol. The number of nitrogen functional groups attached to an aromatic ring is 1. The Bertz CT molecular complexity index is 379. The summed E-state index contributed by atoms with van der Waals surface area (Å²) in [5.41, 5.74) is 7.67. The average Bonchev–Trinajstić information content (AvgIpc) is 2.36. The van der Waals surface area contributed by atoms with Crippen LogP contribution in [0.5, 0.6) is 0 Å². The molecule has 0 aliphatic rings. The maximum absolute atomic E-state index is 11.5. The number of benzene rings is 1. The van der Waals surface area contributed by atoms with Gasteiger partial charge in [-0.25, -0.2) is 0 Å². The van der Waals surface area contributed by atoms with Crippen LogP contribution >= 0.6 is 0 Å². The first-order valence-electron chi connectivity index (χ1n) is 5.75. The molecule has 1 unspecified atom stereocenters. The Balaban J connectivity index is 2.77. The summed E-state index contributed by atoms with van der Waals surface area (Å²) in [5.74, 6) is -0.221. The number of likely N-dealkylation sites (N-methyl/N-ethyl adjacent to an activating group) is 1. The maximum Gasteiger partial charge on any atom is 0.322 e. The lowest BCUT2D eigenvalue weighted by molar-refractivity contribution is -0.146. The van der Waals surface area contributed by atoms with Crippen molar-refractivity contribution in [3.63, 3.8) is 0 Å². The number of methoxy groups -OCH3 is 1. The second kappa shape index (κ2) is 6.25. The molecule has 1 aromatic rings. The smallest absolute Gasteiger partial charge is 0.322 e. The predicted octanol–water partition coefficient (Wildman–Crippen LogP) is 1.65. The number of carbonyl (C=O) groups is 1. The van der Waals surface area contributed by atoms with Crippen LogP contribution in [-0.4, -0.2) is 30.6 Å². The van der Waals surface area contributed by atoms with Gasteiger partial charge >= 0.3 is 5.97 Å². The first-order valence-corrected chi connectivity index (χ1v) is 5.75. The van der Waals surface area contributed by atoms with E-state index in [1.807, 2.05) is 43.0 Å². The van der Waals surface area contributed by atoms with Crippen LogP contribution in [0.1, 0.15) is 19.4 Å². The van der Waals surface area contributed by atoms with E-state index in [1.54, 1.807) is 0 Å². The molecule has 0 spiro atoms. The highest BCUT2D eigenvalue weighted by Gasteiger charge is 2.20. The van der Waals surface area contributed by atoms with E-state index >= 15 is 0 Å². The zero-order chi connectivity index (χ0) is 12.8. The Kier molecular flexibility index (Phi) is 4.97. The summed E-state index contributed by atoms with van der Waals surface area (Å²) in [7, 11) is 1.41. The Morgan fingerprint density at radius 2 is 2.12 bits per heavy atom. The van der Waals surface area contributed by atoms with E-state index in [0.717, 1.165) is 17.8 Å². The van der Waals surface area contributed by atoms with Gasteiger partial charge in [0.25, 0.3) is 0 Å². The van der Waals surface area contributed by atoms with E-state index in [1.165, 1.54) is 7.11 Å². The normalized spacial score (nSPS) is 12.5. The third kappa shape index (κ3) is 3.46. The van der Waals surface area contributed by atoms with Crippen LogP contribution in [0.2, 0.25) is 0 Å². The first kappa shape index (κ1) is 13.5. The summed E-state index contributed by atoms with van der Waals surface area (Å²) in [6, 6.07) is 7.43. The van der Waals surface area contributed by atoms with Crippen molar-refractivity contribution in [1.29, 1.82) is 0 Å². The van der Waals surface area contributed by atoms with E-state index in [4.69, 9.17) is 10.5 Å². The van der Waals surface area contributed by atoms with Gasteiger partial charge in [0, 0.05) is 12.2 Å². The number of rotatable bonds is 5. The highest BCUT2D eigenvalue weighted by atomic mass is 16.5. The van der Waals surface area contributed by atoms with Crippen LogP contribution in [-0.2, 0) is 16.1 Å². The molecule has 0 fully saturated rings. The van der Waals surface area contributed by atoms with Crippen LogP contribution in [0.3, 0.4) is 0 Å². The number of ether oxygens (including phenoxy) is 1. The van der Waals surface area contributed by atoms with Gasteiger partial charge in [-0.3, -0.25) is 9.69 Å². The summed E-state index contributed by atoms with van der Waals surface area (Å²) < 4.78 is 4.75. The number of hydrogen-bond donors (Lipinski definition) is 1. The molecule has 17 heavy (non-hydrogen) atoms. The fraction of sp³-hybridized carbons (Fsp3) is 0.462. The van der Waals surface area contributed by atoms with E-state index in [9.17, 15) is 4.79 Å². The molecule has 2 N–H and O–H groups in total. The van der Waals surface area contributed by atoms with Gasteiger partial charge < -0.3 is 10.5 Å². The lowest BCUT2D eigenvalue weighted by atomic mass is 10.1. The van der Waals surface area contributed by atoms with Crippen molar-refractivity contribution >= 4 is 11.7 Å². The van der Waals surface area contributed by atoms with Gasteiger partial charge in [0.1, 0.15) is 6.04 Å². The molecular formula is C13H20N2O2. The quantitative estimate of drug-likeness (QED) is 0.624. The van der Waals surface area contributed by atoms with E-state index < -0.39 is 0 Å². The van der Waals surface area contributed by atoms with E-state index in [0.29, 0.717) is 6.54 Å². The van der Waals surface area contributed by atoms with Gasteiger partial charge in [-0.15, -0.1) is 0 Å². The van der Waals surface area contributed by atoms with Crippen molar-refractivity contribution < 1.29 is 9.53 Å². The molecule has 0 radical (unpaired) electrons. The molecule has 4 nitrogen and oxygen atoms in total. The summed E-state index contributed by atoms with van der Waals surface area (Å²) >= 11 is 0. The van der Waals surface area contributed by atoms with Crippen molar-refractivity contribution in [1.82, 2.24) is 4.90 Å². The zero-order valence-electron chi connectivity index (χ0n) is 10.6. The molecule has 0 amide bonds. The van der Waals surface area contributed by atoms with E-state index in [2.05, 4.69) is 0 Å². The van der Waals surface area contributed by atoms with Gasteiger partial charge in [0.2, 0.25) is 0 Å². The van der Waals surface area contributed by atoms with Crippen LogP contribution in [0, 0.1) is 0 Å². The number of para-hydroxylation sites is 1.